The van der Waals surface area contributed by atoms with Crippen molar-refractivity contribution in [2.24, 2.45) is 0 Å². The van der Waals surface area contributed by atoms with E-state index < -0.39 is 31.8 Å². The van der Waals surface area contributed by atoms with E-state index in [2.05, 4.69) is 15.3 Å². The highest BCUT2D eigenvalue weighted by molar-refractivity contribution is 7.90. The Labute approximate surface area is 151 Å². The molecule has 2 amide bonds. The van der Waals surface area contributed by atoms with E-state index in [1.165, 1.54) is 27.3 Å². The lowest BCUT2D eigenvalue weighted by atomic mass is 10.6. The molecule has 0 atom stereocenters. The van der Waals surface area contributed by atoms with Gasteiger partial charge in [-0.1, -0.05) is 6.08 Å². The van der Waals surface area contributed by atoms with Crippen molar-refractivity contribution < 1.29 is 31.1 Å². The largest absolute Gasteiger partial charge is 0.481 e. The number of carbonyl (C=O) groups excluding carboxylic acids is 1. The van der Waals surface area contributed by atoms with Crippen LogP contribution in [0.5, 0.6) is 11.8 Å². The third kappa shape index (κ3) is 7.10. The third-order valence-electron chi connectivity index (χ3n) is 2.73. The monoisotopic (exact) mass is 409 g/mol. The Kier molecular flexibility index (Phi) is 7.14. The number of ether oxygens (including phenoxy) is 2. The number of methoxy groups -OCH3 is 2. The van der Waals surface area contributed by atoms with Crippen LogP contribution in [0.25, 0.3) is 0 Å². The molecular weight excluding hydrogens is 390 g/mol. The quantitative estimate of drug-likeness (QED) is 0.569. The van der Waals surface area contributed by atoms with Crippen LogP contribution in [0, 0.1) is 0 Å². The number of carbonyl (C=O) groups is 1. The average molecular weight is 409 g/mol. The lowest BCUT2D eigenvalue weighted by Gasteiger charge is -2.10. The van der Waals surface area contributed by atoms with Gasteiger partial charge in [-0.15, -0.1) is 0 Å². The Morgan fingerprint density at radius 3 is 2.19 bits per heavy atom. The van der Waals surface area contributed by atoms with E-state index in [1.54, 1.807) is 4.72 Å². The summed E-state index contributed by atoms with van der Waals surface area (Å²) < 4.78 is 58.4. The van der Waals surface area contributed by atoms with Crippen molar-refractivity contribution in [1.82, 2.24) is 19.0 Å². The molecule has 0 aliphatic carbocycles. The zero-order valence-corrected chi connectivity index (χ0v) is 16.1. The maximum atomic E-state index is 11.8. The molecule has 0 fully saturated rings. The van der Waals surface area contributed by atoms with Crippen molar-refractivity contribution in [3.05, 3.63) is 18.3 Å². The van der Waals surface area contributed by atoms with Crippen LogP contribution < -0.4 is 19.5 Å². The minimum absolute atomic E-state index is 0.0988. The molecule has 2 N–H and O–H groups in total. The first-order chi connectivity index (χ1) is 12.0. The molecule has 0 aliphatic rings. The summed E-state index contributed by atoms with van der Waals surface area (Å²) in [6.07, 6.45) is 3.09. The number of amides is 2. The molecule has 1 aromatic rings. The summed E-state index contributed by atoms with van der Waals surface area (Å²) in [6, 6.07) is 0.258. The first-order valence-electron chi connectivity index (χ1n) is 6.85. The molecular formula is C12H19N5O7S2. The van der Waals surface area contributed by atoms with E-state index in [4.69, 9.17) is 9.47 Å². The number of anilines is 1. The molecule has 14 heteroatoms. The van der Waals surface area contributed by atoms with E-state index in [0.717, 1.165) is 22.8 Å². The lowest BCUT2D eigenvalue weighted by molar-refractivity contribution is 0.256. The lowest BCUT2D eigenvalue weighted by Crippen LogP contribution is -2.36. The van der Waals surface area contributed by atoms with Gasteiger partial charge in [0.1, 0.15) is 0 Å². The molecule has 0 saturated carbocycles. The SMILES string of the molecule is COc1cc(OC)nc(NC(=O)NS(=O)(=O)CC=CN(C)S(C)(=O)=O)n1. The third-order valence-corrected chi connectivity index (χ3v) is 5.02. The zero-order chi connectivity index (χ0) is 20.0. The minimum atomic E-state index is -4.06. The van der Waals surface area contributed by atoms with Crippen LogP contribution in [0.2, 0.25) is 0 Å². The highest BCUT2D eigenvalue weighted by Gasteiger charge is 2.15. The summed E-state index contributed by atoms with van der Waals surface area (Å²) in [5, 5.41) is 2.13. The van der Waals surface area contributed by atoms with Gasteiger partial charge in [0.05, 0.1) is 32.3 Å². The van der Waals surface area contributed by atoms with Gasteiger partial charge >= 0.3 is 6.03 Å². The van der Waals surface area contributed by atoms with E-state index in [9.17, 15) is 21.6 Å². The summed E-state index contributed by atoms with van der Waals surface area (Å²) in [6.45, 7) is 0. The fourth-order valence-electron chi connectivity index (χ4n) is 1.41. The number of aromatic nitrogens is 2. The Morgan fingerprint density at radius 2 is 1.73 bits per heavy atom. The topological polar surface area (TPSA) is 157 Å². The normalized spacial score (nSPS) is 11.8. The van der Waals surface area contributed by atoms with Gasteiger partial charge in [-0.25, -0.2) is 26.4 Å². The van der Waals surface area contributed by atoms with Crippen LogP contribution in [0.4, 0.5) is 10.7 Å². The zero-order valence-electron chi connectivity index (χ0n) is 14.5. The van der Waals surface area contributed by atoms with E-state index in [-0.39, 0.29) is 17.7 Å². The van der Waals surface area contributed by atoms with Gasteiger partial charge in [0.2, 0.25) is 37.8 Å². The van der Waals surface area contributed by atoms with E-state index in [0.29, 0.717) is 0 Å². The van der Waals surface area contributed by atoms with Crippen LogP contribution in [0.1, 0.15) is 0 Å². The van der Waals surface area contributed by atoms with E-state index >= 15 is 0 Å². The average Bonchev–Trinajstić information content (AvgIpc) is 2.52. The van der Waals surface area contributed by atoms with Crippen molar-refractivity contribution in [1.29, 1.82) is 0 Å². The highest BCUT2D eigenvalue weighted by Crippen LogP contribution is 2.17. The predicted molar refractivity (Wildman–Crippen MR) is 92.8 cm³/mol. The maximum absolute atomic E-state index is 11.8. The van der Waals surface area contributed by atoms with Gasteiger partial charge in [0, 0.05) is 13.2 Å². The minimum Gasteiger partial charge on any atom is -0.481 e. The van der Waals surface area contributed by atoms with Crippen molar-refractivity contribution in [3.63, 3.8) is 0 Å². The van der Waals surface area contributed by atoms with Crippen LogP contribution >= 0.6 is 0 Å². The fraction of sp³-hybridized carbons (Fsp3) is 0.417. The Balaban J connectivity index is 2.73. The van der Waals surface area contributed by atoms with Crippen LogP contribution in [0.15, 0.2) is 18.3 Å². The summed E-state index contributed by atoms with van der Waals surface area (Å²) >= 11 is 0. The molecule has 1 heterocycles. The molecule has 146 valence electrons. The molecule has 0 unspecified atom stereocenters. The van der Waals surface area contributed by atoms with Gasteiger partial charge in [-0.3, -0.25) is 9.62 Å². The van der Waals surface area contributed by atoms with Crippen molar-refractivity contribution in [2.45, 2.75) is 0 Å². The summed E-state index contributed by atoms with van der Waals surface area (Å²) in [7, 11) is -3.62. The molecule has 0 aromatic carbocycles. The van der Waals surface area contributed by atoms with Gasteiger partial charge in [0.25, 0.3) is 0 Å². The second kappa shape index (κ2) is 8.66. The van der Waals surface area contributed by atoms with Crippen molar-refractivity contribution in [2.75, 3.05) is 38.6 Å². The molecule has 1 rings (SSSR count). The number of nitrogens with zero attached hydrogens (tertiary/aromatic N) is 3. The predicted octanol–water partition coefficient (Wildman–Crippen LogP) is -0.650. The van der Waals surface area contributed by atoms with Gasteiger partial charge in [0.15, 0.2) is 0 Å². The Bertz CT molecular complexity index is 861. The molecule has 12 nitrogen and oxygen atoms in total. The molecule has 0 bridgehead atoms. The molecule has 0 spiro atoms. The van der Waals surface area contributed by atoms with Crippen molar-refractivity contribution in [3.8, 4) is 11.8 Å². The second-order valence-corrected chi connectivity index (χ2v) is 8.59. The van der Waals surface area contributed by atoms with Crippen molar-refractivity contribution >= 4 is 32.0 Å². The highest BCUT2D eigenvalue weighted by atomic mass is 32.2. The number of sulfonamides is 2. The second-order valence-electron chi connectivity index (χ2n) is 4.78. The molecule has 0 aliphatic heterocycles. The number of hydrogen-bond acceptors (Lipinski definition) is 9. The number of hydrogen-bond donors (Lipinski definition) is 2. The molecule has 1 aromatic heterocycles. The maximum Gasteiger partial charge on any atom is 0.335 e. The van der Waals surface area contributed by atoms with Crippen LogP contribution in [0.3, 0.4) is 0 Å². The van der Waals surface area contributed by atoms with Crippen LogP contribution in [-0.4, -0.2) is 70.4 Å². The first-order valence-corrected chi connectivity index (χ1v) is 10.3. The summed E-state index contributed by atoms with van der Waals surface area (Å²) in [5.41, 5.74) is 0. The smallest absolute Gasteiger partial charge is 0.335 e. The van der Waals surface area contributed by atoms with Gasteiger partial charge in [-0.2, -0.15) is 9.97 Å². The standard InChI is InChI=1S/C12H19N5O7S2/c1-17(25(4,19)20)6-5-7-26(21,22)16-12(18)15-11-13-9(23-2)8-10(14-11)24-3/h5-6,8H,7H2,1-4H3,(H2,13,14,15,16,18). The van der Waals surface area contributed by atoms with E-state index in [1.807, 2.05) is 0 Å². The molecule has 0 saturated heterocycles. The first kappa shape index (κ1) is 21.4. The van der Waals surface area contributed by atoms with Gasteiger partial charge in [-0.05, 0) is 0 Å². The number of nitrogens with one attached hydrogen (secondary N) is 2. The van der Waals surface area contributed by atoms with Gasteiger partial charge < -0.3 is 9.47 Å². The fourth-order valence-corrected chi connectivity index (χ4v) is 2.47. The Morgan fingerprint density at radius 1 is 1.19 bits per heavy atom. The number of urea groups is 1. The molecule has 0 radical (unpaired) electrons. The summed E-state index contributed by atoms with van der Waals surface area (Å²) in [4.78, 5) is 19.4. The van der Waals surface area contributed by atoms with Crippen LogP contribution in [-0.2, 0) is 20.0 Å². The molecule has 26 heavy (non-hydrogen) atoms. The number of rotatable bonds is 8. The Hall–Kier alpha value is -2.61. The summed E-state index contributed by atoms with van der Waals surface area (Å²) in [5.74, 6) is -0.660.